The fourth-order valence-electron chi connectivity index (χ4n) is 3.74. The van der Waals surface area contributed by atoms with Crippen LogP contribution in [0, 0.1) is 17.3 Å². The summed E-state index contributed by atoms with van der Waals surface area (Å²) < 4.78 is 10.7. The molecule has 0 aromatic carbocycles. The first-order valence-electron chi connectivity index (χ1n) is 6.73. The Bertz CT molecular complexity index is 480. The molecule has 0 bridgehead atoms. The van der Waals surface area contributed by atoms with Crippen LogP contribution in [0.5, 0.6) is 0 Å². The SMILES string of the molecule is C[C@@H]1[C@H]2CCC(=O)[C@@]12C(=O)O[C@H]1C(=O)COC1(C)C. The molecule has 5 heteroatoms. The van der Waals surface area contributed by atoms with Crippen LogP contribution in [0.3, 0.4) is 0 Å². The van der Waals surface area contributed by atoms with E-state index in [1.54, 1.807) is 13.8 Å². The Hall–Kier alpha value is -1.23. The Balaban J connectivity index is 1.80. The van der Waals surface area contributed by atoms with Crippen molar-refractivity contribution in [3.63, 3.8) is 0 Å². The summed E-state index contributed by atoms with van der Waals surface area (Å²) in [5.74, 6) is -0.636. The molecule has 0 N–H and O–H groups in total. The minimum atomic E-state index is -0.959. The number of fused-ring (bicyclic) bond motifs is 1. The van der Waals surface area contributed by atoms with Crippen LogP contribution in [0.1, 0.15) is 33.6 Å². The van der Waals surface area contributed by atoms with Crippen LogP contribution in [0.15, 0.2) is 0 Å². The van der Waals surface area contributed by atoms with Crippen molar-refractivity contribution in [2.24, 2.45) is 17.3 Å². The molecule has 0 unspecified atom stereocenters. The highest BCUT2D eigenvalue weighted by molar-refractivity contribution is 6.10. The van der Waals surface area contributed by atoms with E-state index in [9.17, 15) is 14.4 Å². The van der Waals surface area contributed by atoms with Crippen molar-refractivity contribution in [2.75, 3.05) is 6.61 Å². The molecule has 2 saturated carbocycles. The molecule has 0 spiro atoms. The molecule has 5 nitrogen and oxygen atoms in total. The number of carbonyl (C=O) groups is 3. The van der Waals surface area contributed by atoms with E-state index in [2.05, 4.69) is 0 Å². The number of esters is 1. The smallest absolute Gasteiger partial charge is 0.321 e. The normalized spacial score (nSPS) is 43.2. The summed E-state index contributed by atoms with van der Waals surface area (Å²) in [6, 6.07) is 0. The van der Waals surface area contributed by atoms with Gasteiger partial charge in [0, 0.05) is 6.42 Å². The predicted molar refractivity (Wildman–Crippen MR) is 64.2 cm³/mol. The number of carbonyl (C=O) groups excluding carboxylic acids is 3. The number of hydrogen-bond donors (Lipinski definition) is 0. The average Bonchev–Trinajstić information content (AvgIpc) is 2.62. The van der Waals surface area contributed by atoms with Crippen molar-refractivity contribution in [2.45, 2.75) is 45.3 Å². The molecule has 2 aliphatic carbocycles. The third-order valence-corrected chi connectivity index (χ3v) is 5.01. The van der Waals surface area contributed by atoms with Crippen LogP contribution in [-0.2, 0) is 23.9 Å². The maximum atomic E-state index is 12.4. The summed E-state index contributed by atoms with van der Waals surface area (Å²) in [6.07, 6.45) is 0.312. The molecule has 3 rings (SSSR count). The molecule has 0 aromatic rings. The van der Waals surface area contributed by atoms with Crippen LogP contribution < -0.4 is 0 Å². The Morgan fingerprint density at radius 2 is 2.05 bits per heavy atom. The van der Waals surface area contributed by atoms with Crippen molar-refractivity contribution in [3.8, 4) is 0 Å². The van der Waals surface area contributed by atoms with E-state index < -0.39 is 23.1 Å². The van der Waals surface area contributed by atoms with E-state index in [0.717, 1.165) is 6.42 Å². The Morgan fingerprint density at radius 1 is 1.37 bits per heavy atom. The molecule has 0 aromatic heterocycles. The van der Waals surface area contributed by atoms with Gasteiger partial charge in [0.2, 0.25) is 5.78 Å². The molecule has 0 radical (unpaired) electrons. The minimum absolute atomic E-state index is 0.0285. The van der Waals surface area contributed by atoms with E-state index in [0.29, 0.717) is 6.42 Å². The zero-order chi connectivity index (χ0) is 14.0. The van der Waals surface area contributed by atoms with Gasteiger partial charge in [0.05, 0.1) is 0 Å². The van der Waals surface area contributed by atoms with Gasteiger partial charge in [0.25, 0.3) is 0 Å². The van der Waals surface area contributed by atoms with E-state index in [4.69, 9.17) is 9.47 Å². The van der Waals surface area contributed by atoms with Crippen molar-refractivity contribution in [1.29, 1.82) is 0 Å². The highest BCUT2D eigenvalue weighted by Gasteiger charge is 2.75. The molecular weight excluding hydrogens is 248 g/mol. The zero-order valence-electron chi connectivity index (χ0n) is 11.4. The van der Waals surface area contributed by atoms with E-state index in [1.165, 1.54) is 0 Å². The first-order chi connectivity index (χ1) is 8.81. The first-order valence-corrected chi connectivity index (χ1v) is 6.73. The Labute approximate surface area is 111 Å². The highest BCUT2D eigenvalue weighted by atomic mass is 16.6. The van der Waals surface area contributed by atoms with Crippen LogP contribution in [0.4, 0.5) is 0 Å². The summed E-state index contributed by atoms with van der Waals surface area (Å²) in [4.78, 5) is 36.1. The number of Topliss-reactive ketones (excluding diaryl/α,β-unsaturated/α-hetero) is 2. The van der Waals surface area contributed by atoms with E-state index >= 15 is 0 Å². The summed E-state index contributed by atoms with van der Waals surface area (Å²) in [5, 5.41) is 0. The van der Waals surface area contributed by atoms with Crippen LogP contribution in [0.25, 0.3) is 0 Å². The van der Waals surface area contributed by atoms with E-state index in [1.807, 2.05) is 6.92 Å². The van der Waals surface area contributed by atoms with Gasteiger partial charge in [-0.15, -0.1) is 0 Å². The van der Waals surface area contributed by atoms with Crippen LogP contribution in [-0.4, -0.2) is 35.8 Å². The maximum absolute atomic E-state index is 12.4. The molecule has 104 valence electrons. The standard InChI is InChI=1S/C14H18O5/c1-7-8-4-5-10(16)14(7,8)12(17)19-11-9(15)6-18-13(11,2)3/h7-8,11H,4-6H2,1-3H3/t7-,8-,11+,14-/m1/s1. The van der Waals surface area contributed by atoms with Gasteiger partial charge in [0.15, 0.2) is 11.9 Å². The molecular formula is C14H18O5. The fraction of sp³-hybridized carbons (Fsp3) is 0.786. The quantitative estimate of drug-likeness (QED) is 0.548. The number of ether oxygens (including phenoxy) is 2. The molecule has 3 aliphatic rings. The third kappa shape index (κ3) is 1.48. The van der Waals surface area contributed by atoms with Gasteiger partial charge in [-0.25, -0.2) is 0 Å². The lowest BCUT2D eigenvalue weighted by atomic mass is 9.97. The number of ketones is 2. The third-order valence-electron chi connectivity index (χ3n) is 5.01. The second-order valence-corrected chi connectivity index (χ2v) is 6.37. The highest BCUT2D eigenvalue weighted by Crippen LogP contribution is 2.66. The van der Waals surface area contributed by atoms with Gasteiger partial charge in [-0.05, 0) is 32.1 Å². The second-order valence-electron chi connectivity index (χ2n) is 6.37. The van der Waals surface area contributed by atoms with E-state index in [-0.39, 0.29) is 30.0 Å². The van der Waals surface area contributed by atoms with Gasteiger partial charge in [-0.1, -0.05) is 6.92 Å². The average molecular weight is 266 g/mol. The maximum Gasteiger partial charge on any atom is 0.321 e. The van der Waals surface area contributed by atoms with Gasteiger partial charge >= 0.3 is 5.97 Å². The van der Waals surface area contributed by atoms with Crippen LogP contribution in [0.2, 0.25) is 0 Å². The summed E-state index contributed by atoms with van der Waals surface area (Å²) in [5.41, 5.74) is -1.77. The van der Waals surface area contributed by atoms with Crippen LogP contribution >= 0.6 is 0 Å². The first kappa shape index (κ1) is 12.8. The minimum Gasteiger partial charge on any atom is -0.450 e. The molecule has 1 saturated heterocycles. The van der Waals surface area contributed by atoms with Gasteiger partial charge in [-0.2, -0.15) is 0 Å². The Kier molecular flexibility index (Phi) is 2.46. The Morgan fingerprint density at radius 3 is 2.53 bits per heavy atom. The number of hydrogen-bond acceptors (Lipinski definition) is 5. The molecule has 1 aliphatic heterocycles. The lowest BCUT2D eigenvalue weighted by Crippen LogP contribution is -2.42. The monoisotopic (exact) mass is 266 g/mol. The van der Waals surface area contributed by atoms with Gasteiger partial charge < -0.3 is 9.47 Å². The topological polar surface area (TPSA) is 69.7 Å². The molecule has 4 atom stereocenters. The van der Waals surface area contributed by atoms with Crippen molar-refractivity contribution in [3.05, 3.63) is 0 Å². The number of rotatable bonds is 2. The predicted octanol–water partition coefficient (Wildman–Crippen LogP) is 0.891. The fourth-order valence-corrected chi connectivity index (χ4v) is 3.74. The largest absolute Gasteiger partial charge is 0.450 e. The van der Waals surface area contributed by atoms with Gasteiger partial charge in [-0.3, -0.25) is 14.4 Å². The molecule has 3 fully saturated rings. The zero-order valence-corrected chi connectivity index (χ0v) is 11.4. The summed E-state index contributed by atoms with van der Waals surface area (Å²) >= 11 is 0. The molecule has 0 amide bonds. The van der Waals surface area contributed by atoms with Gasteiger partial charge in [0.1, 0.15) is 17.6 Å². The lowest BCUT2D eigenvalue weighted by Gasteiger charge is -2.25. The molecule has 1 heterocycles. The van der Waals surface area contributed by atoms with Crippen molar-refractivity contribution in [1.82, 2.24) is 0 Å². The summed E-state index contributed by atoms with van der Waals surface area (Å²) in [7, 11) is 0. The van der Waals surface area contributed by atoms with Crippen molar-refractivity contribution >= 4 is 17.5 Å². The lowest BCUT2D eigenvalue weighted by molar-refractivity contribution is -0.168. The summed E-state index contributed by atoms with van der Waals surface area (Å²) in [6.45, 7) is 5.31. The van der Waals surface area contributed by atoms with Crippen molar-refractivity contribution < 1.29 is 23.9 Å². The molecule has 19 heavy (non-hydrogen) atoms. The second kappa shape index (κ2) is 3.66.